The van der Waals surface area contributed by atoms with Gasteiger partial charge in [-0.3, -0.25) is 9.59 Å². The van der Waals surface area contributed by atoms with Gasteiger partial charge in [0.1, 0.15) is 11.6 Å². The molecule has 0 spiro atoms. The topological polar surface area (TPSA) is 114 Å². The summed E-state index contributed by atoms with van der Waals surface area (Å²) in [6.07, 6.45) is -0.801. The molecule has 1 saturated heterocycles. The van der Waals surface area contributed by atoms with Crippen molar-refractivity contribution in [1.29, 1.82) is 0 Å². The van der Waals surface area contributed by atoms with E-state index in [-0.39, 0.29) is 25.4 Å². The highest BCUT2D eigenvalue weighted by molar-refractivity contribution is 6.00. The number of ether oxygens (including phenoxy) is 1. The summed E-state index contributed by atoms with van der Waals surface area (Å²) in [5, 5.41) is 5.04. The Hall–Kier alpha value is -3.86. The zero-order valence-corrected chi connectivity index (χ0v) is 21.7. The average molecular weight is 543 g/mol. The van der Waals surface area contributed by atoms with Crippen LogP contribution >= 0.6 is 0 Å². The molecule has 1 aliphatic heterocycles. The van der Waals surface area contributed by atoms with Gasteiger partial charge in [0.15, 0.2) is 5.58 Å². The van der Waals surface area contributed by atoms with E-state index in [1.807, 2.05) is 6.92 Å². The smallest absolute Gasteiger partial charge is 0.318 e. The predicted octanol–water partition coefficient (Wildman–Crippen LogP) is 3.97. The number of rotatable bonds is 11. The van der Waals surface area contributed by atoms with E-state index in [4.69, 9.17) is 9.15 Å². The minimum atomic E-state index is -3.31. The number of benzene rings is 2. The number of carbonyl (C=O) groups excluding carboxylic acids is 3. The SMILES string of the molecule is CCC[C@H](NC(=O)[C@H](CC(F)(F)Cc1ccccc1)NC(=O)N1CCOCC1)C(=O)c1nc2ccccc2o1. The molecule has 9 nitrogen and oxygen atoms in total. The summed E-state index contributed by atoms with van der Waals surface area (Å²) >= 11 is 0. The third kappa shape index (κ3) is 7.60. The van der Waals surface area contributed by atoms with Gasteiger partial charge in [-0.05, 0) is 24.1 Å². The summed E-state index contributed by atoms with van der Waals surface area (Å²) < 4.78 is 41.2. The summed E-state index contributed by atoms with van der Waals surface area (Å²) in [4.78, 5) is 45.1. The third-order valence-electron chi connectivity index (χ3n) is 6.44. The van der Waals surface area contributed by atoms with Crippen molar-refractivity contribution in [2.75, 3.05) is 26.3 Å². The Balaban J connectivity index is 1.52. The molecule has 1 aliphatic rings. The molecule has 39 heavy (non-hydrogen) atoms. The van der Waals surface area contributed by atoms with Gasteiger partial charge >= 0.3 is 6.03 Å². The summed E-state index contributed by atoms with van der Waals surface area (Å²) in [5.41, 5.74) is 1.30. The molecule has 1 fully saturated rings. The second-order valence-corrected chi connectivity index (χ2v) is 9.52. The van der Waals surface area contributed by atoms with Gasteiger partial charge in [-0.15, -0.1) is 0 Å². The summed E-state index contributed by atoms with van der Waals surface area (Å²) in [6.45, 7) is 2.99. The second-order valence-electron chi connectivity index (χ2n) is 9.52. The number of alkyl halides is 2. The Morgan fingerprint density at radius 1 is 1.00 bits per heavy atom. The quantitative estimate of drug-likeness (QED) is 0.355. The molecule has 3 amide bonds. The lowest BCUT2D eigenvalue weighted by Gasteiger charge is -2.30. The number of hydrogen-bond donors (Lipinski definition) is 2. The first-order chi connectivity index (χ1) is 18.8. The van der Waals surface area contributed by atoms with Crippen LogP contribution in [0.1, 0.15) is 42.4 Å². The largest absolute Gasteiger partial charge is 0.434 e. The van der Waals surface area contributed by atoms with E-state index in [1.165, 1.54) is 4.90 Å². The maximum Gasteiger partial charge on any atom is 0.318 e. The van der Waals surface area contributed by atoms with E-state index in [9.17, 15) is 14.4 Å². The van der Waals surface area contributed by atoms with E-state index < -0.39 is 48.6 Å². The van der Waals surface area contributed by atoms with Crippen molar-refractivity contribution in [2.45, 2.75) is 50.6 Å². The third-order valence-corrected chi connectivity index (χ3v) is 6.44. The van der Waals surface area contributed by atoms with Crippen LogP contribution in [0.5, 0.6) is 0 Å². The first-order valence-corrected chi connectivity index (χ1v) is 13.0. The van der Waals surface area contributed by atoms with Crippen molar-refractivity contribution in [1.82, 2.24) is 20.5 Å². The predicted molar refractivity (Wildman–Crippen MR) is 140 cm³/mol. The maximum absolute atomic E-state index is 15.2. The molecule has 0 aliphatic carbocycles. The van der Waals surface area contributed by atoms with Gasteiger partial charge in [-0.1, -0.05) is 55.8 Å². The zero-order valence-electron chi connectivity index (χ0n) is 21.7. The number of fused-ring (bicyclic) bond motifs is 1. The number of morpholine rings is 1. The molecule has 3 aromatic rings. The number of oxazole rings is 1. The number of amides is 3. The number of para-hydroxylation sites is 2. The fraction of sp³-hybridized carbons (Fsp3) is 0.429. The van der Waals surface area contributed by atoms with E-state index in [2.05, 4.69) is 15.6 Å². The van der Waals surface area contributed by atoms with Crippen LogP contribution in [0, 0.1) is 0 Å². The van der Waals surface area contributed by atoms with Crippen LogP contribution in [-0.4, -0.2) is 71.9 Å². The number of hydrogen-bond acceptors (Lipinski definition) is 6. The molecule has 2 atom stereocenters. The summed E-state index contributed by atoms with van der Waals surface area (Å²) in [7, 11) is 0. The molecular weight excluding hydrogens is 510 g/mol. The lowest BCUT2D eigenvalue weighted by molar-refractivity contribution is -0.126. The van der Waals surface area contributed by atoms with E-state index >= 15 is 8.78 Å². The van der Waals surface area contributed by atoms with Crippen LogP contribution < -0.4 is 10.6 Å². The molecular formula is C28H32F2N4O5. The van der Waals surface area contributed by atoms with Crippen LogP contribution in [0.25, 0.3) is 11.1 Å². The highest BCUT2D eigenvalue weighted by Gasteiger charge is 2.39. The number of carbonyl (C=O) groups is 3. The van der Waals surface area contributed by atoms with E-state index in [1.54, 1.807) is 54.6 Å². The van der Waals surface area contributed by atoms with Gasteiger partial charge in [0.2, 0.25) is 11.7 Å². The van der Waals surface area contributed by atoms with Crippen molar-refractivity contribution >= 4 is 28.8 Å². The van der Waals surface area contributed by atoms with Crippen molar-refractivity contribution in [3.05, 3.63) is 66.1 Å². The van der Waals surface area contributed by atoms with Crippen LogP contribution in [0.4, 0.5) is 13.6 Å². The number of nitrogens with one attached hydrogen (secondary N) is 2. The Bertz CT molecular complexity index is 1240. The molecule has 1 aromatic heterocycles. The van der Waals surface area contributed by atoms with Crippen LogP contribution in [-0.2, 0) is 16.0 Å². The van der Waals surface area contributed by atoms with Crippen LogP contribution in [0.2, 0.25) is 0 Å². The number of urea groups is 1. The number of aromatic nitrogens is 1. The first kappa shape index (κ1) is 28.2. The molecule has 0 saturated carbocycles. The van der Waals surface area contributed by atoms with Gasteiger partial charge in [0.25, 0.3) is 11.8 Å². The number of ketones is 1. The van der Waals surface area contributed by atoms with Gasteiger partial charge in [-0.25, -0.2) is 18.6 Å². The van der Waals surface area contributed by atoms with Crippen molar-refractivity contribution in [2.24, 2.45) is 0 Å². The fourth-order valence-electron chi connectivity index (χ4n) is 4.44. The minimum absolute atomic E-state index is 0.182. The summed E-state index contributed by atoms with van der Waals surface area (Å²) in [6, 6.07) is 11.7. The van der Waals surface area contributed by atoms with Crippen LogP contribution in [0.15, 0.2) is 59.0 Å². The highest BCUT2D eigenvalue weighted by atomic mass is 19.3. The molecule has 0 bridgehead atoms. The normalized spacial score (nSPS) is 15.5. The lowest BCUT2D eigenvalue weighted by Crippen LogP contribution is -2.57. The van der Waals surface area contributed by atoms with E-state index in [0.717, 1.165) is 0 Å². The Kier molecular flexibility index (Phi) is 9.23. The molecule has 2 N–H and O–H groups in total. The first-order valence-electron chi connectivity index (χ1n) is 13.0. The van der Waals surface area contributed by atoms with Crippen molar-refractivity contribution in [3.63, 3.8) is 0 Å². The Morgan fingerprint density at radius 2 is 1.69 bits per heavy atom. The standard InChI is InChI=1S/C28H32F2N4O5/c1-2-8-21(24(35)26-32-20-11-6-7-12-23(20)39-26)31-25(36)22(33-27(37)34-13-15-38-16-14-34)18-28(29,30)17-19-9-4-3-5-10-19/h3-7,9-12,21-22H,2,8,13-18H2,1H3,(H,31,36)(H,33,37)/t21-,22-/m0/s1. The lowest BCUT2D eigenvalue weighted by atomic mass is 9.99. The number of halogens is 2. The Morgan fingerprint density at radius 3 is 2.38 bits per heavy atom. The van der Waals surface area contributed by atoms with Crippen molar-refractivity contribution < 1.29 is 32.3 Å². The maximum atomic E-state index is 15.2. The van der Waals surface area contributed by atoms with Gasteiger partial charge in [0, 0.05) is 25.9 Å². The van der Waals surface area contributed by atoms with Gasteiger partial charge < -0.3 is 24.7 Å². The van der Waals surface area contributed by atoms with E-state index in [0.29, 0.717) is 36.3 Å². The molecule has 4 rings (SSSR count). The summed E-state index contributed by atoms with van der Waals surface area (Å²) in [5.74, 6) is -4.95. The Labute approximate surface area is 224 Å². The molecule has 208 valence electrons. The highest BCUT2D eigenvalue weighted by Crippen LogP contribution is 2.26. The fourth-order valence-corrected chi connectivity index (χ4v) is 4.44. The molecule has 2 aromatic carbocycles. The number of Topliss-reactive ketones (excluding diaryl/α,β-unsaturated/α-hetero) is 1. The molecule has 0 unspecified atom stereocenters. The monoisotopic (exact) mass is 542 g/mol. The zero-order chi connectivity index (χ0) is 27.8. The molecule has 0 radical (unpaired) electrons. The molecule has 11 heteroatoms. The second kappa shape index (κ2) is 12.8. The van der Waals surface area contributed by atoms with Crippen LogP contribution in [0.3, 0.4) is 0 Å². The average Bonchev–Trinajstić information content (AvgIpc) is 3.37. The van der Waals surface area contributed by atoms with Gasteiger partial charge in [-0.2, -0.15) is 0 Å². The number of nitrogens with zero attached hydrogens (tertiary/aromatic N) is 2. The van der Waals surface area contributed by atoms with Crippen molar-refractivity contribution in [3.8, 4) is 0 Å². The molecule has 2 heterocycles. The minimum Gasteiger partial charge on any atom is -0.434 e. The van der Waals surface area contributed by atoms with Gasteiger partial charge in [0.05, 0.1) is 19.3 Å².